The Labute approximate surface area is 113 Å². The number of methoxy groups -OCH3 is 1. The third-order valence-electron chi connectivity index (χ3n) is 3.67. The average molecular weight is 262 g/mol. The van der Waals surface area contributed by atoms with E-state index in [4.69, 9.17) is 10.00 Å². The van der Waals surface area contributed by atoms with Crippen molar-refractivity contribution >= 4 is 0 Å². The normalized spacial score (nSPS) is 16.2. The first-order valence-corrected chi connectivity index (χ1v) is 6.51. The average Bonchev–Trinajstić information content (AvgIpc) is 3.17. The number of ether oxygens (including phenoxy) is 1. The van der Waals surface area contributed by atoms with Crippen LogP contribution in [0.25, 0.3) is 0 Å². The quantitative estimate of drug-likeness (QED) is 0.790. The minimum atomic E-state index is -0.242. The van der Waals surface area contributed by atoms with E-state index in [2.05, 4.69) is 11.0 Å². The van der Waals surface area contributed by atoms with Gasteiger partial charge in [-0.1, -0.05) is 0 Å². The van der Waals surface area contributed by atoms with E-state index >= 15 is 0 Å². The number of benzene rings is 1. The Kier molecular flexibility index (Phi) is 4.06. The van der Waals surface area contributed by atoms with Gasteiger partial charge in [-0.25, -0.2) is 4.39 Å². The van der Waals surface area contributed by atoms with Crippen LogP contribution in [0, 0.1) is 22.6 Å². The van der Waals surface area contributed by atoms with Gasteiger partial charge in [0.05, 0.1) is 18.6 Å². The number of hydrogen-bond donors (Lipinski definition) is 0. The fourth-order valence-corrected chi connectivity index (χ4v) is 2.31. The maximum Gasteiger partial charge on any atom is 0.123 e. The van der Waals surface area contributed by atoms with Gasteiger partial charge in [-0.15, -0.1) is 0 Å². The lowest BCUT2D eigenvalue weighted by molar-refractivity contribution is 0.295. The van der Waals surface area contributed by atoms with Crippen LogP contribution in [0.3, 0.4) is 0 Å². The molecule has 0 atom stereocenters. The molecule has 4 heteroatoms. The van der Waals surface area contributed by atoms with Crippen molar-refractivity contribution in [2.75, 3.05) is 27.2 Å². The second-order valence-corrected chi connectivity index (χ2v) is 5.34. The molecule has 0 bridgehead atoms. The zero-order valence-electron chi connectivity index (χ0n) is 11.4. The molecule has 102 valence electrons. The highest BCUT2D eigenvalue weighted by Crippen LogP contribution is 2.45. The largest absolute Gasteiger partial charge is 0.496 e. The molecule has 0 saturated heterocycles. The van der Waals surface area contributed by atoms with Gasteiger partial charge in [-0.3, -0.25) is 0 Å². The van der Waals surface area contributed by atoms with Gasteiger partial charge in [0.15, 0.2) is 0 Å². The molecule has 0 N–H and O–H groups in total. The summed E-state index contributed by atoms with van der Waals surface area (Å²) in [4.78, 5) is 2.14. The zero-order chi connectivity index (χ0) is 13.9. The van der Waals surface area contributed by atoms with E-state index in [1.807, 2.05) is 7.05 Å². The van der Waals surface area contributed by atoms with Gasteiger partial charge in [0.2, 0.25) is 0 Å². The molecule has 1 aliphatic carbocycles. The summed E-state index contributed by atoms with van der Waals surface area (Å²) in [5.74, 6) is 0.477. The van der Waals surface area contributed by atoms with Crippen LogP contribution < -0.4 is 4.74 Å². The summed E-state index contributed by atoms with van der Waals surface area (Å²) < 4.78 is 18.5. The number of halogens is 1. The Morgan fingerprint density at radius 2 is 2.21 bits per heavy atom. The van der Waals surface area contributed by atoms with E-state index in [1.165, 1.54) is 12.1 Å². The van der Waals surface area contributed by atoms with Crippen molar-refractivity contribution in [3.8, 4) is 11.8 Å². The topological polar surface area (TPSA) is 36.3 Å². The number of likely N-dealkylation sites (N-methyl/N-ethyl adjacent to an activating group) is 1. The van der Waals surface area contributed by atoms with Crippen molar-refractivity contribution in [3.63, 3.8) is 0 Å². The van der Waals surface area contributed by atoms with Crippen molar-refractivity contribution in [3.05, 3.63) is 29.6 Å². The molecule has 0 heterocycles. The second kappa shape index (κ2) is 5.58. The number of nitriles is 1. The summed E-state index contributed by atoms with van der Waals surface area (Å²) in [5.41, 5.74) is 0.747. The third-order valence-corrected chi connectivity index (χ3v) is 3.67. The number of nitrogens with zero attached hydrogens (tertiary/aromatic N) is 2. The SMILES string of the molecule is COc1ccc(F)cc1CCN(C)CC1(C#N)CC1. The van der Waals surface area contributed by atoms with Gasteiger partial charge in [0.1, 0.15) is 11.6 Å². The van der Waals surface area contributed by atoms with Crippen molar-refractivity contribution in [2.45, 2.75) is 19.3 Å². The molecular weight excluding hydrogens is 243 g/mol. The van der Waals surface area contributed by atoms with Gasteiger partial charge >= 0.3 is 0 Å². The van der Waals surface area contributed by atoms with Crippen LogP contribution in [0.1, 0.15) is 18.4 Å². The monoisotopic (exact) mass is 262 g/mol. The van der Waals surface area contributed by atoms with Crippen LogP contribution in [0.15, 0.2) is 18.2 Å². The van der Waals surface area contributed by atoms with Gasteiger partial charge in [0, 0.05) is 13.1 Å². The standard InChI is InChI=1S/C15H19FN2O/c1-18(11-15(10-17)6-7-15)8-5-12-9-13(16)3-4-14(12)19-2/h3-4,9H,5-8,11H2,1-2H3. The maximum atomic E-state index is 13.2. The molecule has 0 amide bonds. The lowest BCUT2D eigenvalue weighted by Crippen LogP contribution is -2.28. The molecule has 1 aromatic rings. The molecule has 1 aromatic carbocycles. The van der Waals surface area contributed by atoms with Gasteiger partial charge < -0.3 is 9.64 Å². The molecule has 0 aromatic heterocycles. The predicted molar refractivity (Wildman–Crippen MR) is 71.4 cm³/mol. The van der Waals surface area contributed by atoms with E-state index in [0.29, 0.717) is 0 Å². The number of rotatable bonds is 6. The zero-order valence-corrected chi connectivity index (χ0v) is 11.4. The first-order chi connectivity index (χ1) is 9.08. The molecule has 1 saturated carbocycles. The molecule has 0 aliphatic heterocycles. The Morgan fingerprint density at radius 1 is 1.47 bits per heavy atom. The Hall–Kier alpha value is -1.60. The summed E-state index contributed by atoms with van der Waals surface area (Å²) in [6.45, 7) is 1.59. The highest BCUT2D eigenvalue weighted by Gasteiger charge is 2.43. The van der Waals surface area contributed by atoms with Crippen molar-refractivity contribution < 1.29 is 9.13 Å². The second-order valence-electron chi connectivity index (χ2n) is 5.34. The number of hydrogen-bond acceptors (Lipinski definition) is 3. The minimum absolute atomic E-state index is 0.124. The summed E-state index contributed by atoms with van der Waals surface area (Å²) in [6, 6.07) is 6.96. The van der Waals surface area contributed by atoms with Crippen molar-refractivity contribution in [1.82, 2.24) is 4.90 Å². The summed E-state index contributed by atoms with van der Waals surface area (Å²) in [5, 5.41) is 9.06. The van der Waals surface area contributed by atoms with E-state index in [0.717, 1.165) is 43.7 Å². The lowest BCUT2D eigenvalue weighted by Gasteiger charge is -2.19. The Morgan fingerprint density at radius 3 is 2.79 bits per heavy atom. The smallest absolute Gasteiger partial charge is 0.123 e. The first-order valence-electron chi connectivity index (χ1n) is 6.51. The fraction of sp³-hybridized carbons (Fsp3) is 0.533. The van der Waals surface area contributed by atoms with E-state index < -0.39 is 0 Å². The highest BCUT2D eigenvalue weighted by molar-refractivity contribution is 5.34. The van der Waals surface area contributed by atoms with E-state index in [1.54, 1.807) is 13.2 Å². The van der Waals surface area contributed by atoms with Crippen LogP contribution in [-0.4, -0.2) is 32.1 Å². The van der Waals surface area contributed by atoms with Crippen molar-refractivity contribution in [2.24, 2.45) is 5.41 Å². The Bertz CT molecular complexity index is 491. The molecule has 1 aliphatic rings. The van der Waals surface area contributed by atoms with Gasteiger partial charge in [-0.2, -0.15) is 5.26 Å². The predicted octanol–water partition coefficient (Wildman–Crippen LogP) is 2.61. The maximum absolute atomic E-state index is 13.2. The molecule has 3 nitrogen and oxygen atoms in total. The van der Waals surface area contributed by atoms with Gasteiger partial charge in [0.25, 0.3) is 0 Å². The molecule has 1 fully saturated rings. The molecule has 0 unspecified atom stereocenters. The molecular formula is C15H19FN2O. The van der Waals surface area contributed by atoms with E-state index in [9.17, 15) is 4.39 Å². The Balaban J connectivity index is 1.91. The molecule has 0 radical (unpaired) electrons. The van der Waals surface area contributed by atoms with Crippen LogP contribution >= 0.6 is 0 Å². The third kappa shape index (κ3) is 3.45. The molecule has 0 spiro atoms. The minimum Gasteiger partial charge on any atom is -0.496 e. The van der Waals surface area contributed by atoms with Gasteiger partial charge in [-0.05, 0) is 50.1 Å². The van der Waals surface area contributed by atoms with Crippen LogP contribution in [-0.2, 0) is 6.42 Å². The highest BCUT2D eigenvalue weighted by atomic mass is 19.1. The summed E-state index contributed by atoms with van der Waals surface area (Å²) in [6.07, 6.45) is 2.72. The van der Waals surface area contributed by atoms with Crippen LogP contribution in [0.2, 0.25) is 0 Å². The lowest BCUT2D eigenvalue weighted by atomic mass is 10.1. The summed E-state index contributed by atoms with van der Waals surface area (Å²) >= 11 is 0. The molecule has 2 rings (SSSR count). The van der Waals surface area contributed by atoms with Crippen LogP contribution in [0.4, 0.5) is 4.39 Å². The van der Waals surface area contributed by atoms with E-state index in [-0.39, 0.29) is 11.2 Å². The van der Waals surface area contributed by atoms with Crippen LogP contribution in [0.5, 0.6) is 5.75 Å². The van der Waals surface area contributed by atoms with Crippen molar-refractivity contribution in [1.29, 1.82) is 5.26 Å². The molecule has 19 heavy (non-hydrogen) atoms. The summed E-state index contributed by atoms with van der Waals surface area (Å²) in [7, 11) is 3.60. The fourth-order valence-electron chi connectivity index (χ4n) is 2.31. The first kappa shape index (κ1) is 13.8.